The highest BCUT2D eigenvalue weighted by Crippen LogP contribution is 2.72. The van der Waals surface area contributed by atoms with Crippen LogP contribution in [0.4, 0.5) is 0 Å². The molecule has 0 spiro atoms. The van der Waals surface area contributed by atoms with Crippen molar-refractivity contribution in [2.75, 3.05) is 0 Å². The van der Waals surface area contributed by atoms with Gasteiger partial charge in [0.1, 0.15) is 0 Å². The van der Waals surface area contributed by atoms with Gasteiger partial charge < -0.3 is 0 Å². The molecule has 1 nitrogen and oxygen atoms in total. The molecule has 4 bridgehead atoms. The van der Waals surface area contributed by atoms with Crippen molar-refractivity contribution in [2.24, 2.45) is 28.6 Å². The first kappa shape index (κ1) is 8.62. The second-order valence-corrected chi connectivity index (χ2v) is 6.89. The quantitative estimate of drug-likeness (QED) is 0.637. The molecule has 0 aliphatic heterocycles. The number of hydrogen-bond acceptors (Lipinski definition) is 1. The number of rotatable bonds is 1. The van der Waals surface area contributed by atoms with Gasteiger partial charge in [-0.3, -0.25) is 0 Å². The summed E-state index contributed by atoms with van der Waals surface area (Å²) in [5.74, 6) is 3.01. The van der Waals surface area contributed by atoms with Gasteiger partial charge in [-0.1, -0.05) is 0 Å². The van der Waals surface area contributed by atoms with Crippen LogP contribution in [0.15, 0.2) is 0 Å². The van der Waals surface area contributed by atoms with Crippen LogP contribution in [0.3, 0.4) is 0 Å². The molecule has 0 aromatic rings. The Bertz CT molecular complexity index is 310. The van der Waals surface area contributed by atoms with Crippen molar-refractivity contribution in [2.45, 2.75) is 51.4 Å². The Hall–Kier alpha value is -0.510. The van der Waals surface area contributed by atoms with E-state index < -0.39 is 0 Å². The Labute approximate surface area is 91.9 Å². The summed E-state index contributed by atoms with van der Waals surface area (Å²) in [6, 6.07) is 2.71. The fourth-order valence-electron chi connectivity index (χ4n) is 5.58. The standard InChI is InChI=1S/C14H19N/c15-9-13(1-2-13)14-6-10-3-11(7-14)5-12(4-10)8-14/h10-12H,1-8H2. The Morgan fingerprint density at radius 3 is 1.67 bits per heavy atom. The first-order valence-electron chi connectivity index (χ1n) is 6.67. The highest BCUT2D eigenvalue weighted by Gasteiger charge is 2.65. The summed E-state index contributed by atoms with van der Waals surface area (Å²) in [4.78, 5) is 0. The van der Waals surface area contributed by atoms with Gasteiger partial charge in [0, 0.05) is 0 Å². The molecule has 0 N–H and O–H groups in total. The monoisotopic (exact) mass is 201 g/mol. The minimum atomic E-state index is 0.156. The molecule has 1 heteroatoms. The van der Waals surface area contributed by atoms with E-state index in [4.69, 9.17) is 0 Å². The summed E-state index contributed by atoms with van der Waals surface area (Å²) in [7, 11) is 0. The molecule has 0 saturated heterocycles. The molecule has 5 rings (SSSR count). The molecule has 0 radical (unpaired) electrons. The SMILES string of the molecule is N#CC1(C23CC4CC(CC(C4)C2)C3)CC1. The second kappa shape index (κ2) is 2.42. The average Bonchev–Trinajstić information content (AvgIpc) is 2.95. The molecule has 5 aliphatic rings. The molecule has 5 fully saturated rings. The van der Waals surface area contributed by atoms with Gasteiger partial charge in [-0.05, 0) is 74.5 Å². The maximum absolute atomic E-state index is 9.47. The third-order valence-corrected chi connectivity index (χ3v) is 6.02. The third-order valence-electron chi connectivity index (χ3n) is 6.02. The van der Waals surface area contributed by atoms with Crippen LogP contribution in [-0.4, -0.2) is 0 Å². The molecule has 5 aliphatic carbocycles. The first-order chi connectivity index (χ1) is 7.25. The molecule has 0 aromatic carbocycles. The highest BCUT2D eigenvalue weighted by molar-refractivity contribution is 5.22. The third kappa shape index (κ3) is 0.942. The van der Waals surface area contributed by atoms with E-state index in [-0.39, 0.29) is 5.41 Å². The zero-order valence-corrected chi connectivity index (χ0v) is 9.34. The van der Waals surface area contributed by atoms with E-state index in [9.17, 15) is 5.26 Å². The molecule has 5 saturated carbocycles. The molecular formula is C14H19N. The molecular weight excluding hydrogens is 182 g/mol. The van der Waals surface area contributed by atoms with E-state index in [1.807, 2.05) is 0 Å². The van der Waals surface area contributed by atoms with Crippen molar-refractivity contribution in [3.63, 3.8) is 0 Å². The number of hydrogen-bond donors (Lipinski definition) is 0. The van der Waals surface area contributed by atoms with Crippen molar-refractivity contribution < 1.29 is 0 Å². The van der Waals surface area contributed by atoms with Gasteiger partial charge in [0.15, 0.2) is 0 Å². The van der Waals surface area contributed by atoms with Crippen LogP contribution in [0, 0.1) is 39.9 Å². The Balaban J connectivity index is 1.75. The van der Waals surface area contributed by atoms with Crippen LogP contribution in [0.25, 0.3) is 0 Å². The highest BCUT2D eigenvalue weighted by atomic mass is 14.7. The zero-order valence-electron chi connectivity index (χ0n) is 9.34. The Morgan fingerprint density at radius 1 is 0.867 bits per heavy atom. The van der Waals surface area contributed by atoms with E-state index in [0.717, 1.165) is 17.8 Å². The van der Waals surface area contributed by atoms with Crippen molar-refractivity contribution in [3.05, 3.63) is 0 Å². The number of nitrogens with zero attached hydrogens (tertiary/aromatic N) is 1. The molecule has 0 aromatic heterocycles. The van der Waals surface area contributed by atoms with Crippen LogP contribution >= 0.6 is 0 Å². The lowest BCUT2D eigenvalue weighted by atomic mass is 9.45. The van der Waals surface area contributed by atoms with E-state index in [1.54, 1.807) is 0 Å². The van der Waals surface area contributed by atoms with Crippen molar-refractivity contribution in [3.8, 4) is 6.07 Å². The van der Waals surface area contributed by atoms with Gasteiger partial charge in [-0.2, -0.15) is 5.26 Å². The molecule has 80 valence electrons. The van der Waals surface area contributed by atoms with Gasteiger partial charge >= 0.3 is 0 Å². The van der Waals surface area contributed by atoms with Crippen LogP contribution in [0.2, 0.25) is 0 Å². The molecule has 0 heterocycles. The van der Waals surface area contributed by atoms with E-state index >= 15 is 0 Å². The van der Waals surface area contributed by atoms with Crippen LogP contribution < -0.4 is 0 Å². The summed E-state index contributed by atoms with van der Waals surface area (Å²) in [5, 5.41) is 9.47. The molecule has 0 atom stereocenters. The minimum Gasteiger partial charge on any atom is -0.198 e. The smallest absolute Gasteiger partial charge is 0.0695 e. The zero-order chi connectivity index (χ0) is 10.1. The molecule has 15 heavy (non-hydrogen) atoms. The van der Waals surface area contributed by atoms with Crippen molar-refractivity contribution in [1.29, 1.82) is 5.26 Å². The molecule has 0 amide bonds. The largest absolute Gasteiger partial charge is 0.198 e. The van der Waals surface area contributed by atoms with Gasteiger partial charge in [-0.25, -0.2) is 0 Å². The topological polar surface area (TPSA) is 23.8 Å². The maximum atomic E-state index is 9.47. The summed E-state index contributed by atoms with van der Waals surface area (Å²) >= 11 is 0. The minimum absolute atomic E-state index is 0.156. The summed E-state index contributed by atoms with van der Waals surface area (Å²) in [6.07, 6.45) is 11.2. The average molecular weight is 201 g/mol. The lowest BCUT2D eigenvalue weighted by Crippen LogP contribution is -2.50. The van der Waals surface area contributed by atoms with Crippen molar-refractivity contribution in [1.82, 2.24) is 0 Å². The van der Waals surface area contributed by atoms with Crippen molar-refractivity contribution >= 4 is 0 Å². The van der Waals surface area contributed by atoms with E-state index in [2.05, 4.69) is 6.07 Å². The predicted molar refractivity (Wildman–Crippen MR) is 57.9 cm³/mol. The summed E-state index contributed by atoms with van der Waals surface area (Å²) in [6.45, 7) is 0. The van der Waals surface area contributed by atoms with Crippen LogP contribution in [-0.2, 0) is 0 Å². The summed E-state index contributed by atoms with van der Waals surface area (Å²) in [5.41, 5.74) is 0.652. The second-order valence-electron chi connectivity index (χ2n) is 6.89. The van der Waals surface area contributed by atoms with E-state index in [0.29, 0.717) is 5.41 Å². The normalized spacial score (nSPS) is 53.9. The van der Waals surface area contributed by atoms with Crippen LogP contribution in [0.1, 0.15) is 51.4 Å². The maximum Gasteiger partial charge on any atom is 0.0695 e. The van der Waals surface area contributed by atoms with Gasteiger partial charge in [-0.15, -0.1) is 0 Å². The van der Waals surface area contributed by atoms with E-state index in [1.165, 1.54) is 51.4 Å². The Kier molecular flexibility index (Phi) is 1.39. The lowest BCUT2D eigenvalue weighted by molar-refractivity contribution is -0.0823. The first-order valence-corrected chi connectivity index (χ1v) is 6.67. The Morgan fingerprint density at radius 2 is 1.33 bits per heavy atom. The van der Waals surface area contributed by atoms with Gasteiger partial charge in [0.05, 0.1) is 11.5 Å². The fourth-order valence-corrected chi connectivity index (χ4v) is 5.58. The predicted octanol–water partition coefficient (Wildman–Crippen LogP) is 3.51. The number of nitriles is 1. The van der Waals surface area contributed by atoms with Gasteiger partial charge in [0.25, 0.3) is 0 Å². The molecule has 0 unspecified atom stereocenters. The van der Waals surface area contributed by atoms with Crippen LogP contribution in [0.5, 0.6) is 0 Å². The van der Waals surface area contributed by atoms with Gasteiger partial charge in [0.2, 0.25) is 0 Å². The summed E-state index contributed by atoms with van der Waals surface area (Å²) < 4.78 is 0. The fraction of sp³-hybridized carbons (Fsp3) is 0.929. The lowest BCUT2D eigenvalue weighted by Gasteiger charge is -2.58.